The Balaban J connectivity index is 1.69. The lowest BCUT2D eigenvalue weighted by molar-refractivity contribution is -0.148. The molecule has 2 aromatic carbocycles. The maximum absolute atomic E-state index is 11.8. The largest absolute Gasteiger partial charge is 0.496 e. The molecule has 0 spiro atoms. The van der Waals surface area contributed by atoms with E-state index in [1.54, 1.807) is 25.3 Å². The first-order valence-electron chi connectivity index (χ1n) is 8.12. The van der Waals surface area contributed by atoms with Crippen molar-refractivity contribution in [3.63, 3.8) is 0 Å². The molecule has 2 rings (SSSR count). The zero-order valence-corrected chi connectivity index (χ0v) is 15.4. The third-order valence-electron chi connectivity index (χ3n) is 3.58. The predicted molar refractivity (Wildman–Crippen MR) is 99.3 cm³/mol. The summed E-state index contributed by atoms with van der Waals surface area (Å²) in [6.45, 7) is -0.494. The Morgan fingerprint density at radius 1 is 1.00 bits per heavy atom. The molecule has 0 fully saturated rings. The van der Waals surface area contributed by atoms with Crippen LogP contribution >= 0.6 is 11.6 Å². The highest BCUT2D eigenvalue weighted by atomic mass is 35.5. The summed E-state index contributed by atoms with van der Waals surface area (Å²) in [7, 11) is 1.56. The van der Waals surface area contributed by atoms with Gasteiger partial charge < -0.3 is 9.47 Å². The molecule has 2 amide bonds. The SMILES string of the molecule is COc1ccccc1CCC(=O)OCC(=O)NNC(=O)c1ccc(Cl)cc1. The minimum Gasteiger partial charge on any atom is -0.496 e. The van der Waals surface area contributed by atoms with Crippen molar-refractivity contribution < 1.29 is 23.9 Å². The Labute approximate surface area is 161 Å². The first-order valence-corrected chi connectivity index (χ1v) is 8.49. The van der Waals surface area contributed by atoms with E-state index in [0.29, 0.717) is 22.8 Å². The molecule has 0 radical (unpaired) electrons. The van der Waals surface area contributed by atoms with Gasteiger partial charge in [0.1, 0.15) is 5.75 Å². The Bertz CT molecular complexity index is 808. The fourth-order valence-corrected chi connectivity index (χ4v) is 2.33. The number of amides is 2. The zero-order valence-electron chi connectivity index (χ0n) is 14.7. The number of nitrogens with one attached hydrogen (secondary N) is 2. The lowest BCUT2D eigenvalue weighted by Crippen LogP contribution is -2.43. The number of carbonyl (C=O) groups excluding carboxylic acids is 3. The molecule has 0 bridgehead atoms. The number of hydrogen-bond acceptors (Lipinski definition) is 5. The molecule has 142 valence electrons. The van der Waals surface area contributed by atoms with Crippen molar-refractivity contribution in [3.8, 4) is 5.75 Å². The molecular weight excluding hydrogens is 372 g/mol. The van der Waals surface area contributed by atoms with E-state index in [4.69, 9.17) is 21.1 Å². The van der Waals surface area contributed by atoms with E-state index < -0.39 is 24.4 Å². The summed E-state index contributed by atoms with van der Waals surface area (Å²) >= 11 is 5.74. The molecule has 0 saturated heterocycles. The number of hydrazine groups is 1. The second kappa shape index (κ2) is 10.2. The molecular formula is C19H19ClN2O5. The minimum absolute atomic E-state index is 0.102. The number of aryl methyl sites for hydroxylation is 1. The standard InChI is InChI=1S/C19H19ClN2O5/c1-26-16-5-3-2-4-13(16)8-11-18(24)27-12-17(23)21-22-19(25)14-6-9-15(20)10-7-14/h2-7,9-10H,8,11-12H2,1H3,(H,21,23)(H,22,25). The lowest BCUT2D eigenvalue weighted by atomic mass is 10.1. The molecule has 0 saturated carbocycles. The van der Waals surface area contributed by atoms with Gasteiger partial charge in [-0.1, -0.05) is 29.8 Å². The Morgan fingerprint density at radius 2 is 1.70 bits per heavy atom. The van der Waals surface area contributed by atoms with Crippen molar-refractivity contribution in [2.45, 2.75) is 12.8 Å². The smallest absolute Gasteiger partial charge is 0.306 e. The fraction of sp³-hybridized carbons (Fsp3) is 0.211. The Hall–Kier alpha value is -3.06. The van der Waals surface area contributed by atoms with Crippen molar-refractivity contribution in [3.05, 3.63) is 64.7 Å². The second-order valence-electron chi connectivity index (χ2n) is 5.48. The Kier molecular flexibility index (Phi) is 7.63. The van der Waals surface area contributed by atoms with Gasteiger partial charge in [-0.05, 0) is 42.3 Å². The van der Waals surface area contributed by atoms with Gasteiger partial charge in [0.25, 0.3) is 11.8 Å². The molecule has 7 nitrogen and oxygen atoms in total. The van der Waals surface area contributed by atoms with Crippen LogP contribution in [0.2, 0.25) is 5.02 Å². The first-order chi connectivity index (χ1) is 13.0. The van der Waals surface area contributed by atoms with Gasteiger partial charge in [-0.3, -0.25) is 25.2 Å². The van der Waals surface area contributed by atoms with E-state index in [1.165, 1.54) is 12.1 Å². The van der Waals surface area contributed by atoms with Crippen LogP contribution in [-0.4, -0.2) is 31.5 Å². The molecule has 2 aromatic rings. The monoisotopic (exact) mass is 390 g/mol. The topological polar surface area (TPSA) is 93.7 Å². The molecule has 27 heavy (non-hydrogen) atoms. The van der Waals surface area contributed by atoms with Crippen LogP contribution in [0.25, 0.3) is 0 Å². The third kappa shape index (κ3) is 6.63. The molecule has 0 aliphatic carbocycles. The van der Waals surface area contributed by atoms with Gasteiger partial charge in [-0.2, -0.15) is 0 Å². The fourth-order valence-electron chi connectivity index (χ4n) is 2.20. The van der Waals surface area contributed by atoms with E-state index in [0.717, 1.165) is 5.56 Å². The summed E-state index contributed by atoms with van der Waals surface area (Å²) in [5.41, 5.74) is 5.60. The van der Waals surface area contributed by atoms with Gasteiger partial charge in [0, 0.05) is 17.0 Å². The van der Waals surface area contributed by atoms with Crippen molar-refractivity contribution in [1.29, 1.82) is 0 Å². The van der Waals surface area contributed by atoms with Gasteiger partial charge in [0.05, 0.1) is 7.11 Å². The predicted octanol–water partition coefficient (Wildman–Crippen LogP) is 2.29. The highest BCUT2D eigenvalue weighted by Crippen LogP contribution is 2.18. The van der Waals surface area contributed by atoms with Crippen molar-refractivity contribution in [2.75, 3.05) is 13.7 Å². The average Bonchev–Trinajstić information content (AvgIpc) is 2.69. The van der Waals surface area contributed by atoms with Crippen LogP contribution in [0.4, 0.5) is 0 Å². The van der Waals surface area contributed by atoms with Gasteiger partial charge in [-0.15, -0.1) is 0 Å². The van der Waals surface area contributed by atoms with Crippen molar-refractivity contribution >= 4 is 29.4 Å². The number of esters is 1. The highest BCUT2D eigenvalue weighted by Gasteiger charge is 2.11. The molecule has 8 heteroatoms. The van der Waals surface area contributed by atoms with Gasteiger partial charge in [0.15, 0.2) is 6.61 Å². The number of halogens is 1. The molecule has 0 aromatic heterocycles. The molecule has 0 unspecified atom stereocenters. The summed E-state index contributed by atoms with van der Waals surface area (Å²) in [4.78, 5) is 35.3. The number of ether oxygens (including phenoxy) is 2. The number of hydrogen-bond donors (Lipinski definition) is 2. The zero-order chi connectivity index (χ0) is 19.6. The molecule has 0 heterocycles. The van der Waals surface area contributed by atoms with Crippen LogP contribution < -0.4 is 15.6 Å². The second-order valence-corrected chi connectivity index (χ2v) is 5.92. The van der Waals surface area contributed by atoms with Crippen LogP contribution in [0.5, 0.6) is 5.75 Å². The highest BCUT2D eigenvalue weighted by molar-refractivity contribution is 6.30. The molecule has 2 N–H and O–H groups in total. The van der Waals surface area contributed by atoms with Crippen LogP contribution in [0.15, 0.2) is 48.5 Å². The summed E-state index contributed by atoms with van der Waals surface area (Å²) < 4.78 is 10.1. The van der Waals surface area contributed by atoms with Gasteiger partial charge in [-0.25, -0.2) is 0 Å². The maximum atomic E-state index is 11.8. The molecule has 0 aliphatic rings. The minimum atomic E-state index is -0.650. The summed E-state index contributed by atoms with van der Waals surface area (Å²) in [5, 5.41) is 0.496. The number of carbonyl (C=O) groups is 3. The van der Waals surface area contributed by atoms with Crippen molar-refractivity contribution in [2.24, 2.45) is 0 Å². The van der Waals surface area contributed by atoms with E-state index in [1.807, 2.05) is 18.2 Å². The number of benzene rings is 2. The summed E-state index contributed by atoms with van der Waals surface area (Å²) in [6, 6.07) is 13.5. The summed E-state index contributed by atoms with van der Waals surface area (Å²) in [6.07, 6.45) is 0.530. The van der Waals surface area contributed by atoms with Crippen LogP contribution in [-0.2, 0) is 20.7 Å². The third-order valence-corrected chi connectivity index (χ3v) is 3.83. The van der Waals surface area contributed by atoms with E-state index in [-0.39, 0.29) is 6.42 Å². The lowest BCUT2D eigenvalue weighted by Gasteiger charge is -2.09. The van der Waals surface area contributed by atoms with E-state index in [2.05, 4.69) is 10.9 Å². The van der Waals surface area contributed by atoms with E-state index >= 15 is 0 Å². The number of rotatable bonds is 7. The molecule has 0 atom stereocenters. The Morgan fingerprint density at radius 3 is 2.41 bits per heavy atom. The first kappa shape index (κ1) is 20.3. The van der Waals surface area contributed by atoms with Crippen LogP contribution in [0.3, 0.4) is 0 Å². The van der Waals surface area contributed by atoms with Crippen LogP contribution in [0, 0.1) is 0 Å². The average molecular weight is 391 g/mol. The number of methoxy groups -OCH3 is 1. The maximum Gasteiger partial charge on any atom is 0.306 e. The van der Waals surface area contributed by atoms with Crippen molar-refractivity contribution in [1.82, 2.24) is 10.9 Å². The summed E-state index contributed by atoms with van der Waals surface area (Å²) in [5.74, 6) is -1.00. The van der Waals surface area contributed by atoms with Gasteiger partial charge >= 0.3 is 5.97 Å². The number of para-hydroxylation sites is 1. The molecule has 0 aliphatic heterocycles. The normalized spacial score (nSPS) is 10.0. The van der Waals surface area contributed by atoms with Crippen LogP contribution in [0.1, 0.15) is 22.3 Å². The van der Waals surface area contributed by atoms with E-state index in [9.17, 15) is 14.4 Å². The van der Waals surface area contributed by atoms with Gasteiger partial charge in [0.2, 0.25) is 0 Å². The quantitative estimate of drug-likeness (QED) is 0.558.